The summed E-state index contributed by atoms with van der Waals surface area (Å²) in [6, 6.07) is 0. The van der Waals surface area contributed by atoms with Crippen molar-refractivity contribution in [1.29, 1.82) is 0 Å². The second kappa shape index (κ2) is 9.69. The molecule has 4 nitrogen and oxygen atoms in total. The molecule has 0 aromatic heterocycles. The smallest absolute Gasteiger partial charge is 0.504 e. The van der Waals surface area contributed by atoms with E-state index < -0.39 is 6.16 Å². The monoisotopic (exact) mass is 350 g/mol. The molecule has 0 radical (unpaired) electrons. The lowest BCUT2D eigenvalue weighted by atomic mass is 9.80. The first-order valence-electron chi connectivity index (χ1n) is 9.57. The second-order valence-corrected chi connectivity index (χ2v) is 7.35. The zero-order chi connectivity index (χ0) is 19.1. The van der Waals surface area contributed by atoms with Gasteiger partial charge in [0.25, 0.3) is 0 Å². The SMILES string of the molecule is CCCCc1c(O)c(OC(=O)O)c(CCCC)c(C(C)C)c1C(C)C. The third-order valence-corrected chi connectivity index (χ3v) is 4.62. The Kier molecular flexibility index (Phi) is 8.27. The Morgan fingerprint density at radius 3 is 1.76 bits per heavy atom. The van der Waals surface area contributed by atoms with Crippen LogP contribution in [0.4, 0.5) is 4.79 Å². The minimum atomic E-state index is -1.37. The van der Waals surface area contributed by atoms with Crippen LogP contribution in [0.3, 0.4) is 0 Å². The number of phenolic OH excluding ortho intramolecular Hbond substituents is 1. The van der Waals surface area contributed by atoms with Crippen molar-refractivity contribution >= 4 is 6.16 Å². The minimum absolute atomic E-state index is 0.0232. The predicted octanol–water partition coefficient (Wildman–Crippen LogP) is 6.38. The van der Waals surface area contributed by atoms with Gasteiger partial charge in [0.05, 0.1) is 0 Å². The van der Waals surface area contributed by atoms with E-state index in [4.69, 9.17) is 4.74 Å². The highest BCUT2D eigenvalue weighted by atomic mass is 16.7. The number of benzene rings is 1. The van der Waals surface area contributed by atoms with Gasteiger partial charge in [-0.2, -0.15) is 0 Å². The molecule has 0 amide bonds. The first kappa shape index (κ1) is 21.3. The molecule has 142 valence electrons. The molecule has 2 N–H and O–H groups in total. The van der Waals surface area contributed by atoms with E-state index in [1.165, 1.54) is 5.56 Å². The van der Waals surface area contributed by atoms with Gasteiger partial charge in [-0.3, -0.25) is 0 Å². The Hall–Kier alpha value is -1.71. The number of hydrogen-bond acceptors (Lipinski definition) is 3. The largest absolute Gasteiger partial charge is 0.511 e. The number of unbranched alkanes of at least 4 members (excludes halogenated alkanes) is 2. The van der Waals surface area contributed by atoms with Crippen LogP contribution in [-0.2, 0) is 12.8 Å². The lowest BCUT2D eigenvalue weighted by Crippen LogP contribution is -2.14. The minimum Gasteiger partial charge on any atom is -0.504 e. The third-order valence-electron chi connectivity index (χ3n) is 4.62. The third kappa shape index (κ3) is 5.13. The summed E-state index contributed by atoms with van der Waals surface area (Å²) in [6.07, 6.45) is 3.97. The van der Waals surface area contributed by atoms with Crippen molar-refractivity contribution in [2.24, 2.45) is 0 Å². The van der Waals surface area contributed by atoms with Crippen molar-refractivity contribution in [1.82, 2.24) is 0 Å². The number of aromatic hydroxyl groups is 1. The summed E-state index contributed by atoms with van der Waals surface area (Å²) in [6.45, 7) is 12.7. The van der Waals surface area contributed by atoms with Crippen LogP contribution >= 0.6 is 0 Å². The highest BCUT2D eigenvalue weighted by Gasteiger charge is 2.28. The van der Waals surface area contributed by atoms with E-state index in [1.807, 2.05) is 0 Å². The maximum atomic E-state index is 11.2. The molecule has 0 aliphatic carbocycles. The topological polar surface area (TPSA) is 66.8 Å². The van der Waals surface area contributed by atoms with E-state index in [9.17, 15) is 15.0 Å². The molecule has 1 aromatic carbocycles. The van der Waals surface area contributed by atoms with Gasteiger partial charge in [-0.05, 0) is 48.6 Å². The van der Waals surface area contributed by atoms with Crippen LogP contribution in [0.2, 0.25) is 0 Å². The fourth-order valence-electron chi connectivity index (χ4n) is 3.58. The molecule has 0 heterocycles. The quantitative estimate of drug-likeness (QED) is 0.400. The molecule has 0 saturated carbocycles. The van der Waals surface area contributed by atoms with Gasteiger partial charge in [0.1, 0.15) is 0 Å². The molecule has 0 fully saturated rings. The maximum absolute atomic E-state index is 11.2. The van der Waals surface area contributed by atoms with Crippen LogP contribution in [0.25, 0.3) is 0 Å². The van der Waals surface area contributed by atoms with Gasteiger partial charge < -0.3 is 14.9 Å². The zero-order valence-corrected chi connectivity index (χ0v) is 16.6. The lowest BCUT2D eigenvalue weighted by Gasteiger charge is -2.27. The molecular formula is C21H34O4. The molecule has 1 rings (SSSR count). The van der Waals surface area contributed by atoms with Gasteiger partial charge in [-0.1, -0.05) is 54.4 Å². The van der Waals surface area contributed by atoms with Crippen LogP contribution in [-0.4, -0.2) is 16.4 Å². The molecule has 0 atom stereocenters. The Morgan fingerprint density at radius 1 is 0.920 bits per heavy atom. The van der Waals surface area contributed by atoms with Crippen LogP contribution in [0.1, 0.15) is 101 Å². The standard InChI is InChI=1S/C21H34O4/c1-7-9-11-15-17(13(3)4)18(14(5)6)16(12-10-8-2)20(19(15)22)25-21(23)24/h13-14,22H,7-12H2,1-6H3,(H,23,24). The number of hydrogen-bond donors (Lipinski definition) is 2. The molecule has 0 aliphatic heterocycles. The van der Waals surface area contributed by atoms with Crippen molar-refractivity contribution in [2.75, 3.05) is 0 Å². The first-order chi connectivity index (χ1) is 11.8. The summed E-state index contributed by atoms with van der Waals surface area (Å²) in [5.74, 6) is 0.672. The summed E-state index contributed by atoms with van der Waals surface area (Å²) in [5.41, 5.74) is 4.05. The first-order valence-corrected chi connectivity index (χ1v) is 9.57. The lowest BCUT2D eigenvalue weighted by molar-refractivity contribution is 0.142. The fraction of sp³-hybridized carbons (Fsp3) is 0.667. The summed E-state index contributed by atoms with van der Waals surface area (Å²) >= 11 is 0. The highest BCUT2D eigenvalue weighted by molar-refractivity contribution is 5.68. The van der Waals surface area contributed by atoms with Crippen molar-refractivity contribution < 1.29 is 19.7 Å². The van der Waals surface area contributed by atoms with Crippen LogP contribution in [0.5, 0.6) is 11.5 Å². The van der Waals surface area contributed by atoms with E-state index in [0.717, 1.165) is 48.8 Å². The molecule has 0 spiro atoms. The van der Waals surface area contributed by atoms with Crippen molar-refractivity contribution in [3.05, 3.63) is 22.3 Å². The van der Waals surface area contributed by atoms with Gasteiger partial charge in [-0.25, -0.2) is 4.79 Å². The van der Waals surface area contributed by atoms with Crippen molar-refractivity contribution in [3.63, 3.8) is 0 Å². The maximum Gasteiger partial charge on any atom is 0.511 e. The molecule has 0 unspecified atom stereocenters. The number of phenols is 1. The van der Waals surface area contributed by atoms with E-state index >= 15 is 0 Å². The van der Waals surface area contributed by atoms with Crippen molar-refractivity contribution in [2.45, 2.75) is 91.9 Å². The Morgan fingerprint density at radius 2 is 1.36 bits per heavy atom. The number of ether oxygens (including phenoxy) is 1. The average Bonchev–Trinajstić information content (AvgIpc) is 2.52. The molecule has 4 heteroatoms. The Bertz CT molecular complexity index is 588. The molecule has 25 heavy (non-hydrogen) atoms. The molecule has 0 saturated heterocycles. The Labute approximate surface area is 152 Å². The summed E-state index contributed by atoms with van der Waals surface area (Å²) in [7, 11) is 0. The molecular weight excluding hydrogens is 316 g/mol. The van der Waals surface area contributed by atoms with Gasteiger partial charge >= 0.3 is 6.16 Å². The molecule has 1 aromatic rings. The predicted molar refractivity (Wildman–Crippen MR) is 102 cm³/mol. The van der Waals surface area contributed by atoms with Gasteiger partial charge in [0, 0.05) is 11.1 Å². The van der Waals surface area contributed by atoms with Crippen molar-refractivity contribution in [3.8, 4) is 11.5 Å². The van der Waals surface area contributed by atoms with Crippen LogP contribution in [0, 0.1) is 0 Å². The van der Waals surface area contributed by atoms with E-state index in [2.05, 4.69) is 41.5 Å². The van der Waals surface area contributed by atoms with Crippen LogP contribution < -0.4 is 4.74 Å². The van der Waals surface area contributed by atoms with Gasteiger partial charge in [0.15, 0.2) is 11.5 Å². The van der Waals surface area contributed by atoms with Gasteiger partial charge in [0.2, 0.25) is 0 Å². The summed E-state index contributed by atoms with van der Waals surface area (Å²) < 4.78 is 5.09. The van der Waals surface area contributed by atoms with E-state index in [0.29, 0.717) is 6.42 Å². The fourth-order valence-corrected chi connectivity index (χ4v) is 3.58. The zero-order valence-electron chi connectivity index (χ0n) is 16.6. The van der Waals surface area contributed by atoms with Crippen LogP contribution in [0.15, 0.2) is 0 Å². The number of carbonyl (C=O) groups is 1. The molecule has 0 aliphatic rings. The summed E-state index contributed by atoms with van der Waals surface area (Å²) in [4.78, 5) is 11.2. The normalized spacial score (nSPS) is 11.4. The Balaban J connectivity index is 3.78. The number of rotatable bonds is 9. The van der Waals surface area contributed by atoms with E-state index in [-0.39, 0.29) is 23.3 Å². The van der Waals surface area contributed by atoms with E-state index in [1.54, 1.807) is 0 Å². The second-order valence-electron chi connectivity index (χ2n) is 7.35. The highest BCUT2D eigenvalue weighted by Crippen LogP contribution is 2.46. The number of carboxylic acid groups (broad SMARTS) is 1. The molecule has 0 bridgehead atoms. The average molecular weight is 350 g/mol. The summed E-state index contributed by atoms with van der Waals surface area (Å²) in [5, 5.41) is 20.1. The van der Waals surface area contributed by atoms with Gasteiger partial charge in [-0.15, -0.1) is 0 Å².